The molecule has 0 saturated carbocycles. The summed E-state index contributed by atoms with van der Waals surface area (Å²) in [7, 11) is -3.54. The number of rotatable bonds is 5. The second-order valence-electron chi connectivity index (χ2n) is 8.37. The monoisotopic (exact) mass is 455 g/mol. The number of sulfonamides is 1. The third-order valence-electron chi connectivity index (χ3n) is 6.10. The summed E-state index contributed by atoms with van der Waals surface area (Å²) >= 11 is 0. The molecule has 7 nitrogen and oxygen atoms in total. The summed E-state index contributed by atoms with van der Waals surface area (Å²) in [6.07, 6.45) is 5.94. The van der Waals surface area contributed by atoms with Crippen LogP contribution in [0.5, 0.6) is 0 Å². The summed E-state index contributed by atoms with van der Waals surface area (Å²) in [5.41, 5.74) is 1.55. The van der Waals surface area contributed by atoms with Crippen LogP contribution in [0.4, 0.5) is 5.69 Å². The van der Waals surface area contributed by atoms with E-state index >= 15 is 0 Å². The van der Waals surface area contributed by atoms with Crippen molar-refractivity contribution in [3.05, 3.63) is 59.7 Å². The number of likely N-dealkylation sites (tertiary alicyclic amines) is 1. The first-order chi connectivity index (χ1) is 15.4. The molecular weight excluding hydrogens is 426 g/mol. The van der Waals surface area contributed by atoms with Crippen molar-refractivity contribution in [2.75, 3.05) is 31.5 Å². The largest absolute Gasteiger partial charge is 0.339 e. The van der Waals surface area contributed by atoms with Gasteiger partial charge in [0.25, 0.3) is 11.8 Å². The Morgan fingerprint density at radius 1 is 0.688 bits per heavy atom. The molecule has 2 amide bonds. The van der Waals surface area contributed by atoms with Gasteiger partial charge in [-0.15, -0.1) is 0 Å². The molecule has 0 radical (unpaired) electrons. The first kappa shape index (κ1) is 22.5. The standard InChI is InChI=1S/C24H29N3O4S/c28-23(25-21-11-7-20(8-12-21)24(29)26-15-5-6-16-26)19-9-13-22(14-10-19)32(30,31)27-17-3-1-2-4-18-27/h7-14H,1-6,15-18H2,(H,25,28). The Balaban J connectivity index is 1.40. The molecule has 0 aliphatic carbocycles. The fourth-order valence-corrected chi connectivity index (χ4v) is 5.73. The van der Waals surface area contributed by atoms with Crippen LogP contribution in [-0.4, -0.2) is 55.6 Å². The van der Waals surface area contributed by atoms with Crippen molar-refractivity contribution in [2.24, 2.45) is 0 Å². The van der Waals surface area contributed by atoms with Crippen LogP contribution in [0.15, 0.2) is 53.4 Å². The van der Waals surface area contributed by atoms with Crippen molar-refractivity contribution >= 4 is 27.5 Å². The Hall–Kier alpha value is -2.71. The number of carbonyl (C=O) groups is 2. The van der Waals surface area contributed by atoms with Gasteiger partial charge in [0.15, 0.2) is 0 Å². The Labute approximate surface area is 189 Å². The Morgan fingerprint density at radius 3 is 1.81 bits per heavy atom. The maximum atomic E-state index is 12.9. The quantitative estimate of drug-likeness (QED) is 0.744. The molecule has 32 heavy (non-hydrogen) atoms. The van der Waals surface area contributed by atoms with Gasteiger partial charge in [0.1, 0.15) is 0 Å². The lowest BCUT2D eigenvalue weighted by atomic mass is 10.1. The van der Waals surface area contributed by atoms with Gasteiger partial charge in [0.2, 0.25) is 10.0 Å². The van der Waals surface area contributed by atoms with Gasteiger partial charge >= 0.3 is 0 Å². The molecular formula is C24H29N3O4S. The second kappa shape index (κ2) is 9.83. The topological polar surface area (TPSA) is 86.8 Å². The summed E-state index contributed by atoms with van der Waals surface area (Å²) in [6.45, 7) is 2.67. The summed E-state index contributed by atoms with van der Waals surface area (Å²) in [4.78, 5) is 27.1. The highest BCUT2D eigenvalue weighted by Crippen LogP contribution is 2.21. The van der Waals surface area contributed by atoms with Crippen molar-refractivity contribution in [3.63, 3.8) is 0 Å². The first-order valence-corrected chi connectivity index (χ1v) is 12.7. The lowest BCUT2D eigenvalue weighted by molar-refractivity contribution is 0.0792. The molecule has 0 bridgehead atoms. The molecule has 0 atom stereocenters. The number of benzene rings is 2. The van der Waals surface area contributed by atoms with E-state index in [1.165, 1.54) is 24.3 Å². The molecule has 8 heteroatoms. The summed E-state index contributed by atoms with van der Waals surface area (Å²) < 4.78 is 27.3. The van der Waals surface area contributed by atoms with E-state index in [4.69, 9.17) is 0 Å². The number of nitrogens with one attached hydrogen (secondary N) is 1. The highest BCUT2D eigenvalue weighted by atomic mass is 32.2. The van der Waals surface area contributed by atoms with Crippen LogP contribution in [0.3, 0.4) is 0 Å². The zero-order valence-corrected chi connectivity index (χ0v) is 18.9. The van der Waals surface area contributed by atoms with Gasteiger partial charge in [0.05, 0.1) is 4.90 Å². The summed E-state index contributed by atoms with van der Waals surface area (Å²) in [5, 5.41) is 2.80. The molecule has 0 aromatic heterocycles. The van der Waals surface area contributed by atoms with Gasteiger partial charge < -0.3 is 10.2 Å². The molecule has 0 spiro atoms. The van der Waals surface area contributed by atoms with E-state index in [0.29, 0.717) is 29.9 Å². The van der Waals surface area contributed by atoms with Crippen LogP contribution in [0.2, 0.25) is 0 Å². The van der Waals surface area contributed by atoms with Gasteiger partial charge in [-0.2, -0.15) is 4.31 Å². The number of hydrogen-bond donors (Lipinski definition) is 1. The van der Waals surface area contributed by atoms with E-state index in [9.17, 15) is 18.0 Å². The van der Waals surface area contributed by atoms with Crippen LogP contribution < -0.4 is 5.32 Å². The van der Waals surface area contributed by atoms with Crippen molar-refractivity contribution in [2.45, 2.75) is 43.4 Å². The zero-order chi connectivity index (χ0) is 22.6. The highest BCUT2D eigenvalue weighted by molar-refractivity contribution is 7.89. The van der Waals surface area contributed by atoms with Gasteiger partial charge in [-0.1, -0.05) is 12.8 Å². The van der Waals surface area contributed by atoms with Gasteiger partial charge in [-0.25, -0.2) is 8.42 Å². The van der Waals surface area contributed by atoms with Crippen molar-refractivity contribution in [1.29, 1.82) is 0 Å². The van der Waals surface area contributed by atoms with Crippen LogP contribution in [-0.2, 0) is 10.0 Å². The summed E-state index contributed by atoms with van der Waals surface area (Å²) in [6, 6.07) is 12.9. The van der Waals surface area contributed by atoms with E-state index < -0.39 is 10.0 Å². The molecule has 0 unspecified atom stereocenters. The molecule has 2 fully saturated rings. The number of nitrogens with zero attached hydrogens (tertiary/aromatic N) is 2. The minimum atomic E-state index is -3.54. The Kier molecular flexibility index (Phi) is 6.91. The smallest absolute Gasteiger partial charge is 0.255 e. The predicted molar refractivity (Wildman–Crippen MR) is 123 cm³/mol. The molecule has 2 aromatic carbocycles. The predicted octanol–water partition coefficient (Wildman–Crippen LogP) is 3.74. The highest BCUT2D eigenvalue weighted by Gasteiger charge is 2.25. The SMILES string of the molecule is O=C(Nc1ccc(C(=O)N2CCCC2)cc1)c1ccc(S(=O)(=O)N2CCCCCC2)cc1. The molecule has 4 rings (SSSR count). The van der Waals surface area contributed by atoms with Crippen molar-refractivity contribution < 1.29 is 18.0 Å². The molecule has 2 saturated heterocycles. The van der Waals surface area contributed by atoms with E-state index in [1.54, 1.807) is 28.6 Å². The zero-order valence-electron chi connectivity index (χ0n) is 18.1. The van der Waals surface area contributed by atoms with Crippen molar-refractivity contribution in [3.8, 4) is 0 Å². The average Bonchev–Trinajstić information content (AvgIpc) is 3.20. The lowest BCUT2D eigenvalue weighted by Crippen LogP contribution is -2.31. The molecule has 2 aliphatic heterocycles. The van der Waals surface area contributed by atoms with Crippen LogP contribution in [0.1, 0.15) is 59.2 Å². The number of anilines is 1. The third kappa shape index (κ3) is 5.02. The summed E-state index contributed by atoms with van der Waals surface area (Å²) in [5.74, 6) is -0.316. The van der Waals surface area contributed by atoms with Crippen LogP contribution in [0.25, 0.3) is 0 Å². The molecule has 2 aliphatic rings. The minimum Gasteiger partial charge on any atom is -0.339 e. The van der Waals surface area contributed by atoms with Crippen LogP contribution >= 0.6 is 0 Å². The van der Waals surface area contributed by atoms with Gasteiger partial charge in [-0.3, -0.25) is 9.59 Å². The maximum Gasteiger partial charge on any atom is 0.255 e. The van der Waals surface area contributed by atoms with E-state index in [0.717, 1.165) is 51.6 Å². The Morgan fingerprint density at radius 2 is 1.22 bits per heavy atom. The number of carbonyl (C=O) groups excluding carboxylic acids is 2. The first-order valence-electron chi connectivity index (χ1n) is 11.3. The van der Waals surface area contributed by atoms with Crippen molar-refractivity contribution in [1.82, 2.24) is 9.21 Å². The maximum absolute atomic E-state index is 12.9. The Bertz CT molecular complexity index is 1050. The lowest BCUT2D eigenvalue weighted by Gasteiger charge is -2.20. The van der Waals surface area contributed by atoms with Gasteiger partial charge in [-0.05, 0) is 74.2 Å². The van der Waals surface area contributed by atoms with Gasteiger partial charge in [0, 0.05) is 43.0 Å². The minimum absolute atomic E-state index is 0.0154. The second-order valence-corrected chi connectivity index (χ2v) is 10.3. The van der Waals surface area contributed by atoms with E-state index in [2.05, 4.69) is 5.32 Å². The van der Waals surface area contributed by atoms with E-state index in [1.807, 2.05) is 4.90 Å². The molecule has 170 valence electrons. The third-order valence-corrected chi connectivity index (χ3v) is 8.02. The average molecular weight is 456 g/mol. The molecule has 2 heterocycles. The normalized spacial score (nSPS) is 17.7. The molecule has 1 N–H and O–H groups in total. The fraction of sp³-hybridized carbons (Fsp3) is 0.417. The van der Waals surface area contributed by atoms with E-state index in [-0.39, 0.29) is 16.7 Å². The fourth-order valence-electron chi connectivity index (χ4n) is 4.21. The molecule has 2 aromatic rings. The van der Waals surface area contributed by atoms with Crippen LogP contribution in [0, 0.1) is 0 Å². The number of amides is 2. The number of hydrogen-bond acceptors (Lipinski definition) is 4.